The number of sulfonamides is 1. The van der Waals surface area contributed by atoms with Gasteiger partial charge in [0.25, 0.3) is 0 Å². The Morgan fingerprint density at radius 1 is 0.932 bits per heavy atom. The molecular weight excluding hydrogens is 597 g/mol. The van der Waals surface area contributed by atoms with Gasteiger partial charge in [-0.2, -0.15) is 13.2 Å². The second-order valence-electron chi connectivity index (χ2n) is 9.94. The smallest absolute Gasteiger partial charge is 0.461 e. The van der Waals surface area contributed by atoms with Crippen molar-refractivity contribution in [2.75, 3.05) is 11.3 Å². The van der Waals surface area contributed by atoms with Crippen molar-refractivity contribution >= 4 is 49.4 Å². The zero-order valence-electron chi connectivity index (χ0n) is 23.4. The van der Waals surface area contributed by atoms with Crippen molar-refractivity contribution in [1.82, 2.24) is 14.9 Å². The van der Waals surface area contributed by atoms with E-state index in [2.05, 4.69) is 9.71 Å². The van der Waals surface area contributed by atoms with Crippen LogP contribution in [0.5, 0.6) is 0 Å². The minimum absolute atomic E-state index is 0.0395. The Kier molecular flexibility index (Phi) is 8.59. The number of amides is 1. The SMILES string of the molecule is CCOC(=O)c1cc2ccc(CNC(=O)C(F)(F)F)nc2n1Cc1cc(NS(=O)(=O)Cc2ccccc2)cc2ccccc12. The number of ether oxygens (including phenoxy) is 1. The summed E-state index contributed by atoms with van der Waals surface area (Å²) in [7, 11) is -3.79. The van der Waals surface area contributed by atoms with Gasteiger partial charge in [-0.05, 0) is 59.2 Å². The predicted octanol–water partition coefficient (Wildman–Crippen LogP) is 5.53. The number of nitrogens with zero attached hydrogens (tertiary/aromatic N) is 2. The molecule has 0 aliphatic carbocycles. The van der Waals surface area contributed by atoms with E-state index >= 15 is 0 Å². The molecule has 5 aromatic rings. The van der Waals surface area contributed by atoms with Crippen LogP contribution in [0.3, 0.4) is 0 Å². The fraction of sp³-hybridized carbons (Fsp3) is 0.194. The maximum atomic E-state index is 13.0. The van der Waals surface area contributed by atoms with Crippen LogP contribution in [0.1, 0.15) is 34.2 Å². The first-order valence-corrected chi connectivity index (χ1v) is 15.2. The average Bonchev–Trinajstić information content (AvgIpc) is 3.33. The summed E-state index contributed by atoms with van der Waals surface area (Å²) >= 11 is 0. The molecule has 0 radical (unpaired) electrons. The lowest BCUT2D eigenvalue weighted by molar-refractivity contribution is -0.173. The van der Waals surface area contributed by atoms with Crippen molar-refractivity contribution in [1.29, 1.82) is 0 Å². The van der Waals surface area contributed by atoms with Crippen LogP contribution in [0.2, 0.25) is 0 Å². The Morgan fingerprint density at radius 3 is 2.39 bits per heavy atom. The van der Waals surface area contributed by atoms with Crippen LogP contribution in [0.4, 0.5) is 18.9 Å². The maximum Gasteiger partial charge on any atom is 0.471 e. The summed E-state index contributed by atoms with van der Waals surface area (Å²) in [5, 5.41) is 3.83. The van der Waals surface area contributed by atoms with Gasteiger partial charge >= 0.3 is 18.1 Å². The fourth-order valence-electron chi connectivity index (χ4n) is 4.83. The number of fused-ring (bicyclic) bond motifs is 2. The van der Waals surface area contributed by atoms with Crippen molar-refractivity contribution in [3.8, 4) is 0 Å². The molecule has 0 saturated carbocycles. The van der Waals surface area contributed by atoms with Crippen molar-refractivity contribution in [3.63, 3.8) is 0 Å². The number of nitrogens with one attached hydrogen (secondary N) is 2. The van der Waals surface area contributed by atoms with Crippen molar-refractivity contribution < 1.29 is 35.9 Å². The highest BCUT2D eigenvalue weighted by Crippen LogP contribution is 2.29. The summed E-state index contributed by atoms with van der Waals surface area (Å²) in [6, 6.07) is 24.0. The van der Waals surface area contributed by atoms with Crippen LogP contribution in [0.25, 0.3) is 21.8 Å². The highest BCUT2D eigenvalue weighted by Gasteiger charge is 2.38. The molecule has 2 aromatic heterocycles. The summed E-state index contributed by atoms with van der Waals surface area (Å²) in [4.78, 5) is 28.8. The highest BCUT2D eigenvalue weighted by molar-refractivity contribution is 7.91. The number of rotatable bonds is 10. The summed E-state index contributed by atoms with van der Waals surface area (Å²) in [5.41, 5.74) is 2.12. The predicted molar refractivity (Wildman–Crippen MR) is 159 cm³/mol. The van der Waals surface area contributed by atoms with Gasteiger partial charge in [0.05, 0.1) is 31.1 Å². The van der Waals surface area contributed by atoms with Crippen LogP contribution in [-0.2, 0) is 38.4 Å². The first-order chi connectivity index (χ1) is 20.9. The molecule has 5 rings (SSSR count). The molecule has 0 saturated heterocycles. The standard InChI is InChI=1S/C31H27F3N4O5S/c1-2-43-29(39)27-16-22-12-13-24(17-35-30(40)31(32,33)34)36-28(22)38(27)18-23-15-25(14-21-10-6-7-11-26(21)23)37-44(41,42)19-20-8-4-3-5-9-20/h3-16,37H,2,17-19H2,1H3,(H,35,40). The van der Waals surface area contributed by atoms with Gasteiger partial charge in [0.1, 0.15) is 11.3 Å². The molecule has 9 nitrogen and oxygen atoms in total. The molecule has 3 aromatic carbocycles. The second-order valence-corrected chi connectivity index (χ2v) is 11.7. The lowest BCUT2D eigenvalue weighted by atomic mass is 10.0. The van der Waals surface area contributed by atoms with Crippen molar-refractivity contribution in [3.05, 3.63) is 107 Å². The molecule has 228 valence electrons. The molecule has 2 heterocycles. The number of benzene rings is 3. The quantitative estimate of drug-likeness (QED) is 0.197. The Balaban J connectivity index is 1.55. The van der Waals surface area contributed by atoms with Gasteiger partial charge in [-0.15, -0.1) is 0 Å². The first-order valence-electron chi connectivity index (χ1n) is 13.5. The zero-order chi connectivity index (χ0) is 31.5. The molecular formula is C31H27F3N4O5S. The average molecular weight is 625 g/mol. The van der Waals surface area contributed by atoms with Crippen LogP contribution < -0.4 is 10.0 Å². The molecule has 0 bridgehead atoms. The highest BCUT2D eigenvalue weighted by atomic mass is 32.2. The molecule has 0 fully saturated rings. The van der Waals surface area contributed by atoms with Gasteiger partial charge in [-0.1, -0.05) is 54.6 Å². The summed E-state index contributed by atoms with van der Waals surface area (Å²) in [5.74, 6) is -2.97. The van der Waals surface area contributed by atoms with Crippen LogP contribution in [0.15, 0.2) is 84.9 Å². The van der Waals surface area contributed by atoms with E-state index in [0.29, 0.717) is 22.2 Å². The summed E-state index contributed by atoms with van der Waals surface area (Å²) in [6.45, 7) is 1.31. The minimum Gasteiger partial charge on any atom is -0.461 e. The molecule has 0 spiro atoms. The topological polar surface area (TPSA) is 119 Å². The maximum absolute atomic E-state index is 13.0. The van der Waals surface area contributed by atoms with Crippen LogP contribution in [-0.4, -0.2) is 42.6 Å². The van der Waals surface area contributed by atoms with Crippen LogP contribution in [0, 0.1) is 0 Å². The van der Waals surface area contributed by atoms with Gasteiger partial charge in [0.2, 0.25) is 10.0 Å². The van der Waals surface area contributed by atoms with E-state index in [4.69, 9.17) is 4.74 Å². The number of halogens is 3. The largest absolute Gasteiger partial charge is 0.471 e. The van der Waals surface area contributed by atoms with E-state index in [0.717, 1.165) is 10.8 Å². The van der Waals surface area contributed by atoms with E-state index in [1.54, 1.807) is 71.4 Å². The Morgan fingerprint density at radius 2 is 1.66 bits per heavy atom. The molecule has 0 atom stereocenters. The lowest BCUT2D eigenvalue weighted by Crippen LogP contribution is -2.36. The number of anilines is 1. The van der Waals surface area contributed by atoms with E-state index in [1.807, 2.05) is 24.3 Å². The zero-order valence-corrected chi connectivity index (χ0v) is 24.2. The first kappa shape index (κ1) is 30.5. The number of hydrogen-bond acceptors (Lipinski definition) is 6. The molecule has 44 heavy (non-hydrogen) atoms. The second kappa shape index (κ2) is 12.4. The fourth-order valence-corrected chi connectivity index (χ4v) is 6.01. The van der Waals surface area contributed by atoms with Gasteiger partial charge in [0, 0.05) is 11.1 Å². The lowest BCUT2D eigenvalue weighted by Gasteiger charge is -2.15. The summed E-state index contributed by atoms with van der Waals surface area (Å²) < 4.78 is 73.7. The van der Waals surface area contributed by atoms with Crippen molar-refractivity contribution in [2.45, 2.75) is 31.9 Å². The van der Waals surface area contributed by atoms with E-state index in [1.165, 1.54) is 6.07 Å². The molecule has 0 aliphatic heterocycles. The number of aromatic nitrogens is 2. The Hall–Kier alpha value is -4.91. The summed E-state index contributed by atoms with van der Waals surface area (Å²) in [6.07, 6.45) is -5.05. The molecule has 0 unspecified atom stereocenters. The van der Waals surface area contributed by atoms with Gasteiger partial charge in [0.15, 0.2) is 0 Å². The van der Waals surface area contributed by atoms with Crippen LogP contribution >= 0.6 is 0 Å². The third-order valence-electron chi connectivity index (χ3n) is 6.72. The van der Waals surface area contributed by atoms with Gasteiger partial charge in [-0.3, -0.25) is 9.52 Å². The molecule has 13 heteroatoms. The van der Waals surface area contributed by atoms with E-state index < -0.39 is 34.6 Å². The third-order valence-corrected chi connectivity index (χ3v) is 7.98. The normalized spacial score (nSPS) is 11.9. The number of carbonyl (C=O) groups is 2. The third kappa shape index (κ3) is 7.00. The Labute approximate surface area is 250 Å². The van der Waals surface area contributed by atoms with E-state index in [9.17, 15) is 31.2 Å². The number of carbonyl (C=O) groups excluding carboxylic acids is 2. The Bertz CT molecular complexity index is 1960. The molecule has 2 N–H and O–H groups in total. The van der Waals surface area contributed by atoms with E-state index in [-0.39, 0.29) is 35.9 Å². The van der Waals surface area contributed by atoms with Gasteiger partial charge < -0.3 is 14.6 Å². The number of esters is 1. The van der Waals surface area contributed by atoms with Crippen molar-refractivity contribution in [2.24, 2.45) is 0 Å². The van der Waals surface area contributed by atoms with Gasteiger partial charge in [-0.25, -0.2) is 18.2 Å². The number of hydrogen-bond donors (Lipinski definition) is 2. The monoisotopic (exact) mass is 624 g/mol. The number of alkyl halides is 3. The number of pyridine rings is 1. The molecule has 1 amide bonds. The molecule has 0 aliphatic rings. The minimum atomic E-state index is -5.05.